The Morgan fingerprint density at radius 1 is 1.05 bits per heavy atom. The molecule has 0 aromatic heterocycles. The third-order valence-corrected chi connectivity index (χ3v) is 3.93. The third kappa shape index (κ3) is 2.28. The molecule has 3 rings (SSSR count). The first kappa shape index (κ1) is 12.0. The third-order valence-electron chi connectivity index (χ3n) is 3.93. The molecule has 0 unspecified atom stereocenters. The largest absolute Gasteiger partial charge is 0.378 e. The van der Waals surface area contributed by atoms with E-state index >= 15 is 0 Å². The van der Waals surface area contributed by atoms with Crippen molar-refractivity contribution in [3.05, 3.63) is 77.9 Å². The Balaban J connectivity index is 1.99. The van der Waals surface area contributed by atoms with Gasteiger partial charge in [0.2, 0.25) is 0 Å². The highest BCUT2D eigenvalue weighted by atomic mass is 14.9. The van der Waals surface area contributed by atoms with E-state index in [2.05, 4.69) is 73.4 Å². The normalized spacial score (nSPS) is 21.3. The van der Waals surface area contributed by atoms with E-state index in [0.29, 0.717) is 12.0 Å². The van der Waals surface area contributed by atoms with Gasteiger partial charge in [-0.25, -0.2) is 0 Å². The fraction of sp³-hybridized carbons (Fsp3) is 0.222. The van der Waals surface area contributed by atoms with E-state index in [1.807, 2.05) is 0 Å². The molecular weight excluding hydrogens is 230 g/mol. The molecule has 0 amide bonds. The van der Waals surface area contributed by atoms with Crippen molar-refractivity contribution in [2.24, 2.45) is 0 Å². The topological polar surface area (TPSA) is 12.0 Å². The van der Waals surface area contributed by atoms with Crippen LogP contribution < -0.4 is 5.32 Å². The lowest BCUT2D eigenvalue weighted by Gasteiger charge is -2.34. The average Bonchev–Trinajstić information content (AvgIpc) is 2.47. The Hall–Kier alpha value is -2.02. The zero-order valence-corrected chi connectivity index (χ0v) is 11.3. The van der Waals surface area contributed by atoms with Gasteiger partial charge in [-0.3, -0.25) is 0 Å². The summed E-state index contributed by atoms with van der Waals surface area (Å²) >= 11 is 0. The van der Waals surface area contributed by atoms with Gasteiger partial charge < -0.3 is 5.32 Å². The van der Waals surface area contributed by atoms with Crippen LogP contribution in [0.2, 0.25) is 0 Å². The number of anilines is 1. The summed E-state index contributed by atoms with van der Waals surface area (Å²) < 4.78 is 0. The Labute approximate surface area is 115 Å². The van der Waals surface area contributed by atoms with Crippen LogP contribution in [0.5, 0.6) is 0 Å². The maximum atomic E-state index is 4.18. The van der Waals surface area contributed by atoms with Crippen molar-refractivity contribution in [3.8, 4) is 0 Å². The van der Waals surface area contributed by atoms with E-state index in [1.165, 1.54) is 22.4 Å². The fourth-order valence-corrected chi connectivity index (χ4v) is 2.91. The van der Waals surface area contributed by atoms with Crippen molar-refractivity contribution >= 4 is 5.69 Å². The smallest absolute Gasteiger partial charge is 0.0522 e. The molecule has 1 nitrogen and oxygen atoms in total. The Morgan fingerprint density at radius 3 is 2.47 bits per heavy atom. The molecule has 0 fully saturated rings. The predicted molar refractivity (Wildman–Crippen MR) is 81.4 cm³/mol. The van der Waals surface area contributed by atoms with Crippen LogP contribution in [0.1, 0.15) is 36.4 Å². The lowest BCUT2D eigenvalue weighted by molar-refractivity contribution is 0.597. The minimum atomic E-state index is 0.373. The molecule has 19 heavy (non-hydrogen) atoms. The second-order valence-electron chi connectivity index (χ2n) is 5.33. The monoisotopic (exact) mass is 249 g/mol. The van der Waals surface area contributed by atoms with Gasteiger partial charge in [0.05, 0.1) is 6.04 Å². The maximum absolute atomic E-state index is 4.18. The second-order valence-corrected chi connectivity index (χ2v) is 5.33. The first-order valence-corrected chi connectivity index (χ1v) is 6.81. The first-order chi connectivity index (χ1) is 9.25. The summed E-state index contributed by atoms with van der Waals surface area (Å²) in [6.45, 7) is 6.31. The molecule has 2 aromatic rings. The predicted octanol–water partition coefficient (Wildman–Crippen LogP) is 4.90. The Bertz CT molecular complexity index is 586. The van der Waals surface area contributed by atoms with Crippen LogP contribution in [0.3, 0.4) is 0 Å². The molecule has 1 heterocycles. The molecule has 2 aromatic carbocycles. The summed E-state index contributed by atoms with van der Waals surface area (Å²) in [5.74, 6) is 0.447. The molecule has 1 aliphatic rings. The fourth-order valence-electron chi connectivity index (χ4n) is 2.91. The molecule has 1 heteroatoms. The SMILES string of the molecule is C=C(C)[C@@H]1C[C@@H](c2ccccc2)Nc2ccccc21. The van der Waals surface area contributed by atoms with Crippen LogP contribution in [0, 0.1) is 0 Å². The Morgan fingerprint density at radius 2 is 1.74 bits per heavy atom. The molecule has 1 aliphatic heterocycles. The van der Waals surface area contributed by atoms with Gasteiger partial charge in [-0.2, -0.15) is 0 Å². The van der Waals surface area contributed by atoms with Crippen LogP contribution >= 0.6 is 0 Å². The molecule has 0 spiro atoms. The van der Waals surface area contributed by atoms with Gasteiger partial charge in [0, 0.05) is 11.6 Å². The molecular formula is C18H19N. The molecule has 2 atom stereocenters. The van der Waals surface area contributed by atoms with E-state index in [4.69, 9.17) is 0 Å². The van der Waals surface area contributed by atoms with Crippen molar-refractivity contribution in [2.75, 3.05) is 5.32 Å². The highest BCUT2D eigenvalue weighted by Gasteiger charge is 2.27. The van der Waals surface area contributed by atoms with Gasteiger partial charge in [-0.15, -0.1) is 0 Å². The Kier molecular flexibility index (Phi) is 3.12. The summed E-state index contributed by atoms with van der Waals surface area (Å²) in [7, 11) is 0. The summed E-state index contributed by atoms with van der Waals surface area (Å²) in [5, 5.41) is 3.66. The molecule has 0 bridgehead atoms. The second kappa shape index (κ2) is 4.93. The van der Waals surface area contributed by atoms with Gasteiger partial charge in [0.1, 0.15) is 0 Å². The van der Waals surface area contributed by atoms with Crippen LogP contribution in [0.4, 0.5) is 5.69 Å². The number of para-hydroxylation sites is 1. The molecule has 96 valence electrons. The van der Waals surface area contributed by atoms with Gasteiger partial charge >= 0.3 is 0 Å². The number of benzene rings is 2. The van der Waals surface area contributed by atoms with Crippen molar-refractivity contribution < 1.29 is 0 Å². The number of hydrogen-bond donors (Lipinski definition) is 1. The van der Waals surface area contributed by atoms with Crippen LogP contribution in [0.15, 0.2) is 66.7 Å². The molecule has 0 saturated carbocycles. The lowest BCUT2D eigenvalue weighted by atomic mass is 9.81. The van der Waals surface area contributed by atoms with Crippen molar-refractivity contribution in [1.82, 2.24) is 0 Å². The molecule has 0 saturated heterocycles. The van der Waals surface area contributed by atoms with Gasteiger partial charge in [0.15, 0.2) is 0 Å². The minimum absolute atomic E-state index is 0.373. The number of rotatable bonds is 2. The van der Waals surface area contributed by atoms with E-state index < -0.39 is 0 Å². The number of hydrogen-bond acceptors (Lipinski definition) is 1. The quantitative estimate of drug-likeness (QED) is 0.746. The highest BCUT2D eigenvalue weighted by molar-refractivity contribution is 5.58. The van der Waals surface area contributed by atoms with Crippen LogP contribution in [-0.2, 0) is 0 Å². The van der Waals surface area contributed by atoms with Gasteiger partial charge in [-0.1, -0.05) is 60.7 Å². The first-order valence-electron chi connectivity index (χ1n) is 6.81. The summed E-state index contributed by atoms with van der Waals surface area (Å²) in [5.41, 5.74) is 5.22. The zero-order valence-electron chi connectivity index (χ0n) is 11.3. The average molecular weight is 249 g/mol. The molecule has 1 N–H and O–H groups in total. The maximum Gasteiger partial charge on any atom is 0.0522 e. The van der Waals surface area contributed by atoms with Crippen LogP contribution in [0.25, 0.3) is 0 Å². The molecule has 0 radical (unpaired) electrons. The lowest BCUT2D eigenvalue weighted by Crippen LogP contribution is -2.22. The highest BCUT2D eigenvalue weighted by Crippen LogP contribution is 2.42. The van der Waals surface area contributed by atoms with Gasteiger partial charge in [0.25, 0.3) is 0 Å². The van der Waals surface area contributed by atoms with E-state index in [0.717, 1.165) is 6.42 Å². The summed E-state index contributed by atoms with van der Waals surface area (Å²) in [6, 6.07) is 19.6. The van der Waals surface area contributed by atoms with Crippen LogP contribution in [-0.4, -0.2) is 0 Å². The van der Waals surface area contributed by atoms with Crippen molar-refractivity contribution in [1.29, 1.82) is 0 Å². The molecule has 0 aliphatic carbocycles. The van der Waals surface area contributed by atoms with E-state index in [9.17, 15) is 0 Å². The minimum Gasteiger partial charge on any atom is -0.378 e. The van der Waals surface area contributed by atoms with E-state index in [1.54, 1.807) is 0 Å². The van der Waals surface area contributed by atoms with Gasteiger partial charge in [-0.05, 0) is 30.5 Å². The zero-order chi connectivity index (χ0) is 13.2. The van der Waals surface area contributed by atoms with Crippen molar-refractivity contribution in [2.45, 2.75) is 25.3 Å². The standard InChI is InChI=1S/C18H19N/c1-13(2)16-12-18(14-8-4-3-5-9-14)19-17-11-7-6-10-15(16)17/h3-11,16,18-19H,1,12H2,2H3/t16-,18-/m0/s1. The number of fused-ring (bicyclic) bond motifs is 1. The number of allylic oxidation sites excluding steroid dienone is 1. The van der Waals surface area contributed by atoms with E-state index in [-0.39, 0.29) is 0 Å². The summed E-state index contributed by atoms with van der Waals surface area (Å²) in [4.78, 5) is 0. The summed E-state index contributed by atoms with van der Waals surface area (Å²) in [6.07, 6.45) is 1.08. The van der Waals surface area contributed by atoms with Crippen molar-refractivity contribution in [3.63, 3.8) is 0 Å². The number of nitrogens with one attached hydrogen (secondary N) is 1.